The van der Waals surface area contributed by atoms with Gasteiger partial charge in [0.15, 0.2) is 29.7 Å². The predicted octanol–water partition coefficient (Wildman–Crippen LogP) is 5.86. The van der Waals surface area contributed by atoms with Crippen molar-refractivity contribution in [3.63, 3.8) is 0 Å². The number of allylic oxidation sites excluding steroid dienone is 1. The fourth-order valence-corrected chi connectivity index (χ4v) is 4.43. The molecule has 0 bridgehead atoms. The summed E-state index contributed by atoms with van der Waals surface area (Å²) >= 11 is 0. The Kier molecular flexibility index (Phi) is 13.0. The summed E-state index contributed by atoms with van der Waals surface area (Å²) in [4.78, 5) is 47.7. The quantitative estimate of drug-likeness (QED) is 0.0542. The number of carbonyl (C=O) groups excluding carboxylic acids is 2. The van der Waals surface area contributed by atoms with E-state index in [4.69, 9.17) is 33.5 Å². The van der Waals surface area contributed by atoms with Gasteiger partial charge in [-0.2, -0.15) is 4.89 Å². The zero-order valence-electron chi connectivity index (χ0n) is 28.9. The van der Waals surface area contributed by atoms with E-state index in [1.165, 1.54) is 68.5 Å². The molecule has 15 heteroatoms. The van der Waals surface area contributed by atoms with E-state index in [0.717, 1.165) is 0 Å². The summed E-state index contributed by atoms with van der Waals surface area (Å²) in [5.74, 6) is -1.48. The zero-order chi connectivity index (χ0) is 37.1. The third-order valence-corrected chi connectivity index (χ3v) is 6.84. The number of phenolic OH excluding ortho intramolecular Hbond substituents is 3. The van der Waals surface area contributed by atoms with Gasteiger partial charge in [0.1, 0.15) is 34.5 Å². The van der Waals surface area contributed by atoms with Gasteiger partial charge in [-0.15, -0.1) is 0 Å². The molecule has 51 heavy (non-hydrogen) atoms. The minimum atomic E-state index is -0.939. The van der Waals surface area contributed by atoms with Gasteiger partial charge in [-0.05, 0) is 84.0 Å². The fraction of sp³-hybridized carbons (Fsp3) is 0.306. The number of rotatable bonds is 16. The van der Waals surface area contributed by atoms with Crippen LogP contribution in [-0.4, -0.2) is 74.2 Å². The lowest BCUT2D eigenvalue weighted by atomic mass is 10.1. The Bertz CT molecular complexity index is 1790. The molecule has 0 saturated carbocycles. The van der Waals surface area contributed by atoms with E-state index < -0.39 is 24.1 Å². The summed E-state index contributed by atoms with van der Waals surface area (Å²) < 4.78 is 26.8. The summed E-state index contributed by atoms with van der Waals surface area (Å²) in [5.41, 5.74) is 0.443. The van der Waals surface area contributed by atoms with Crippen LogP contribution in [0.25, 0.3) is 34.2 Å². The highest BCUT2D eigenvalue weighted by Gasteiger charge is 2.22. The third-order valence-electron chi connectivity index (χ3n) is 6.84. The Morgan fingerprint density at radius 2 is 1.04 bits per heavy atom. The van der Waals surface area contributed by atoms with E-state index >= 15 is 0 Å². The van der Waals surface area contributed by atoms with Crippen LogP contribution in [0.5, 0.6) is 34.5 Å². The van der Waals surface area contributed by atoms with Crippen molar-refractivity contribution in [3.8, 4) is 68.7 Å². The van der Waals surface area contributed by atoms with Gasteiger partial charge >= 0.3 is 17.9 Å². The average molecular weight is 706 g/mol. The molecule has 1 aromatic heterocycles. The number of phenols is 3. The van der Waals surface area contributed by atoms with E-state index in [1.807, 2.05) is 0 Å². The van der Waals surface area contributed by atoms with Crippen molar-refractivity contribution in [1.82, 2.24) is 15.0 Å². The third kappa shape index (κ3) is 9.76. The minimum absolute atomic E-state index is 0.0257. The molecule has 0 fully saturated rings. The molecule has 15 nitrogen and oxygen atoms in total. The molecule has 4 rings (SSSR count). The van der Waals surface area contributed by atoms with Crippen LogP contribution in [0, 0.1) is 0 Å². The number of esters is 2. The minimum Gasteiger partial charge on any atom is -0.507 e. The maximum absolute atomic E-state index is 12.1. The number of benzene rings is 3. The van der Waals surface area contributed by atoms with Gasteiger partial charge < -0.3 is 39.0 Å². The van der Waals surface area contributed by atoms with Gasteiger partial charge in [0.25, 0.3) is 0 Å². The Labute approximate surface area is 293 Å². The molecule has 1 heterocycles. The van der Waals surface area contributed by atoms with Crippen molar-refractivity contribution in [3.05, 3.63) is 66.6 Å². The molecule has 3 aromatic carbocycles. The second-order valence-corrected chi connectivity index (χ2v) is 10.6. The number of aromatic nitrogens is 3. The molecule has 3 N–H and O–H groups in total. The standard InChI is InChI=1S/C36H39N3O12/c1-7-31(51-47-10-4)50-24-13-16-27(30(42)19-24)34-38-32(25-14-11-22(17-28(25)40)48-20(5)35(43)45-8-2)37-33(39-34)26-15-12-23(18-29(26)41)49-21(6)36(44)46-9-3/h7,11-21,40-42H,8-10H2,1-6H3. The lowest BCUT2D eigenvalue weighted by molar-refractivity contribution is -0.279. The molecule has 0 aliphatic heterocycles. The van der Waals surface area contributed by atoms with Crippen LogP contribution in [0.4, 0.5) is 0 Å². The molecule has 0 radical (unpaired) electrons. The predicted molar refractivity (Wildman–Crippen MR) is 182 cm³/mol. The van der Waals surface area contributed by atoms with Gasteiger partial charge in [0, 0.05) is 18.2 Å². The van der Waals surface area contributed by atoms with Crippen LogP contribution in [0.1, 0.15) is 41.5 Å². The van der Waals surface area contributed by atoms with Gasteiger partial charge in [0.2, 0.25) is 0 Å². The Hall–Kier alpha value is -6.09. The van der Waals surface area contributed by atoms with E-state index in [0.29, 0.717) is 0 Å². The van der Waals surface area contributed by atoms with Gasteiger partial charge in [0.05, 0.1) is 36.5 Å². The lowest BCUT2D eigenvalue weighted by Crippen LogP contribution is -2.26. The van der Waals surface area contributed by atoms with Crippen molar-refractivity contribution in [2.45, 2.75) is 53.8 Å². The number of ether oxygens (including phenoxy) is 5. The van der Waals surface area contributed by atoms with Crippen molar-refractivity contribution in [1.29, 1.82) is 0 Å². The molecular weight excluding hydrogens is 666 g/mol. The molecule has 270 valence electrons. The molecule has 0 spiro atoms. The van der Waals surface area contributed by atoms with Crippen molar-refractivity contribution in [2.75, 3.05) is 19.8 Å². The first-order valence-corrected chi connectivity index (χ1v) is 16.0. The van der Waals surface area contributed by atoms with Gasteiger partial charge in [-0.1, -0.05) is 0 Å². The zero-order valence-corrected chi connectivity index (χ0v) is 28.9. The van der Waals surface area contributed by atoms with Crippen LogP contribution in [0.2, 0.25) is 0 Å². The molecule has 4 aromatic rings. The molecule has 0 aliphatic rings. The topological polar surface area (TPSA) is 198 Å². The molecule has 2 unspecified atom stereocenters. The maximum Gasteiger partial charge on any atom is 0.347 e. The van der Waals surface area contributed by atoms with Gasteiger partial charge in [-0.3, -0.25) is 4.89 Å². The molecule has 0 saturated heterocycles. The number of hydrogen-bond donors (Lipinski definition) is 3. The highest BCUT2D eigenvalue weighted by molar-refractivity contribution is 5.77. The first-order valence-electron chi connectivity index (χ1n) is 16.0. The van der Waals surface area contributed by atoms with Crippen LogP contribution < -0.4 is 14.2 Å². The van der Waals surface area contributed by atoms with E-state index in [1.54, 1.807) is 33.8 Å². The highest BCUT2D eigenvalue weighted by atomic mass is 17.2. The van der Waals surface area contributed by atoms with Crippen LogP contribution in [0.15, 0.2) is 66.6 Å². The van der Waals surface area contributed by atoms with E-state index in [9.17, 15) is 24.9 Å². The lowest BCUT2D eigenvalue weighted by Gasteiger charge is -2.15. The van der Waals surface area contributed by atoms with Crippen molar-refractivity contribution >= 4 is 11.9 Å². The highest BCUT2D eigenvalue weighted by Crippen LogP contribution is 2.38. The SMILES string of the molecule is CC=C(OOCC)Oc1ccc(-c2nc(-c3ccc(OC(C)C(=O)OCC)cc3O)nc(-c3ccc(OC(C)C(=O)OCC)cc3O)n2)c(O)c1. The fourth-order valence-electron chi connectivity index (χ4n) is 4.43. The van der Waals surface area contributed by atoms with E-state index in [-0.39, 0.29) is 94.4 Å². The molecule has 0 amide bonds. The average Bonchev–Trinajstić information content (AvgIpc) is 3.10. The summed E-state index contributed by atoms with van der Waals surface area (Å²) in [6.07, 6.45) is -0.346. The van der Waals surface area contributed by atoms with Crippen molar-refractivity contribution in [2.24, 2.45) is 0 Å². The number of nitrogens with zero attached hydrogens (tertiary/aromatic N) is 3. The summed E-state index contributed by atoms with van der Waals surface area (Å²) in [6.45, 7) is 10.5. The molecule has 0 aliphatic carbocycles. The summed E-state index contributed by atoms with van der Waals surface area (Å²) in [5, 5.41) is 33.2. The smallest absolute Gasteiger partial charge is 0.347 e. The number of hydrogen-bond acceptors (Lipinski definition) is 15. The Morgan fingerprint density at radius 3 is 1.39 bits per heavy atom. The van der Waals surface area contributed by atoms with Gasteiger partial charge in [-0.25, -0.2) is 24.5 Å². The largest absolute Gasteiger partial charge is 0.507 e. The summed E-state index contributed by atoms with van der Waals surface area (Å²) in [7, 11) is 0. The van der Waals surface area contributed by atoms with Crippen LogP contribution >= 0.6 is 0 Å². The Balaban J connectivity index is 1.76. The molecular formula is C36H39N3O12. The number of aromatic hydroxyl groups is 3. The van der Waals surface area contributed by atoms with Crippen molar-refractivity contribution < 1.29 is 58.4 Å². The second kappa shape index (κ2) is 17.5. The van der Waals surface area contributed by atoms with Crippen LogP contribution in [0.3, 0.4) is 0 Å². The second-order valence-electron chi connectivity index (χ2n) is 10.6. The van der Waals surface area contributed by atoms with E-state index in [2.05, 4.69) is 15.0 Å². The first kappa shape index (κ1) is 37.7. The summed E-state index contributed by atoms with van der Waals surface area (Å²) in [6, 6.07) is 12.9. The molecule has 2 atom stereocenters. The maximum atomic E-state index is 12.1. The number of carbonyl (C=O) groups is 2. The van der Waals surface area contributed by atoms with Crippen LogP contribution in [-0.2, 0) is 28.8 Å². The Morgan fingerprint density at radius 1 is 0.647 bits per heavy atom. The first-order chi connectivity index (χ1) is 24.5. The normalized spacial score (nSPS) is 12.4. The monoisotopic (exact) mass is 705 g/mol.